The minimum Gasteiger partial charge on any atom is -0.397 e. The molecule has 0 saturated heterocycles. The lowest BCUT2D eigenvalue weighted by Gasteiger charge is -2.31. The van der Waals surface area contributed by atoms with E-state index in [0.717, 1.165) is 5.69 Å². The molecule has 110 valence electrons. The van der Waals surface area contributed by atoms with E-state index in [2.05, 4.69) is 12.2 Å². The van der Waals surface area contributed by atoms with E-state index in [1.54, 1.807) is 25.1 Å². The molecule has 1 aliphatic carbocycles. The van der Waals surface area contributed by atoms with Gasteiger partial charge in [-0.05, 0) is 37.0 Å². The summed E-state index contributed by atoms with van der Waals surface area (Å²) >= 11 is 0. The Hall–Kier alpha value is -1.71. The molecule has 2 atom stereocenters. The van der Waals surface area contributed by atoms with Gasteiger partial charge in [-0.15, -0.1) is 0 Å². The van der Waals surface area contributed by atoms with E-state index in [-0.39, 0.29) is 5.91 Å². The van der Waals surface area contributed by atoms with Gasteiger partial charge in [0.15, 0.2) is 0 Å². The minimum atomic E-state index is 0.00439. The van der Waals surface area contributed by atoms with Gasteiger partial charge in [-0.2, -0.15) is 0 Å². The highest BCUT2D eigenvalue weighted by Gasteiger charge is 2.22. The van der Waals surface area contributed by atoms with Crippen LogP contribution >= 0.6 is 0 Å². The average Bonchev–Trinajstić information content (AvgIpc) is 2.42. The van der Waals surface area contributed by atoms with Gasteiger partial charge in [0, 0.05) is 25.7 Å². The van der Waals surface area contributed by atoms with Crippen molar-refractivity contribution in [1.82, 2.24) is 4.90 Å². The van der Waals surface area contributed by atoms with Crippen LogP contribution in [0.15, 0.2) is 18.2 Å². The zero-order valence-corrected chi connectivity index (χ0v) is 12.6. The summed E-state index contributed by atoms with van der Waals surface area (Å²) in [5.41, 5.74) is 8.31. The lowest BCUT2D eigenvalue weighted by molar-refractivity contribution is 0.0827. The van der Waals surface area contributed by atoms with Crippen LogP contribution in [0, 0.1) is 5.92 Å². The van der Waals surface area contributed by atoms with Crippen LogP contribution in [-0.4, -0.2) is 30.9 Å². The van der Waals surface area contributed by atoms with Crippen molar-refractivity contribution in [2.24, 2.45) is 5.92 Å². The minimum absolute atomic E-state index is 0.00439. The number of nitrogens with two attached hydrogens (primary N) is 1. The van der Waals surface area contributed by atoms with Crippen LogP contribution in [0.3, 0.4) is 0 Å². The molecule has 4 nitrogen and oxygen atoms in total. The van der Waals surface area contributed by atoms with Gasteiger partial charge in [0.2, 0.25) is 0 Å². The third kappa shape index (κ3) is 3.24. The molecular formula is C16H25N3O. The van der Waals surface area contributed by atoms with Crippen LogP contribution in [0.1, 0.15) is 43.0 Å². The van der Waals surface area contributed by atoms with Gasteiger partial charge in [0.05, 0.1) is 11.4 Å². The summed E-state index contributed by atoms with van der Waals surface area (Å²) in [6.07, 6.45) is 5.01. The van der Waals surface area contributed by atoms with Crippen molar-refractivity contribution in [3.63, 3.8) is 0 Å². The zero-order chi connectivity index (χ0) is 14.7. The topological polar surface area (TPSA) is 58.4 Å². The van der Waals surface area contributed by atoms with E-state index in [4.69, 9.17) is 5.73 Å². The van der Waals surface area contributed by atoms with Crippen molar-refractivity contribution in [1.29, 1.82) is 0 Å². The predicted molar refractivity (Wildman–Crippen MR) is 83.9 cm³/mol. The van der Waals surface area contributed by atoms with E-state index in [0.29, 0.717) is 23.2 Å². The molecule has 3 N–H and O–H groups in total. The molecule has 0 aliphatic heterocycles. The quantitative estimate of drug-likeness (QED) is 0.834. The highest BCUT2D eigenvalue weighted by Crippen LogP contribution is 2.29. The maximum Gasteiger partial charge on any atom is 0.253 e. The van der Waals surface area contributed by atoms with Crippen molar-refractivity contribution in [3.8, 4) is 0 Å². The second kappa shape index (κ2) is 6.16. The molecule has 1 aromatic rings. The van der Waals surface area contributed by atoms with Crippen LogP contribution in [0.5, 0.6) is 0 Å². The third-order valence-corrected chi connectivity index (χ3v) is 4.16. The van der Waals surface area contributed by atoms with Gasteiger partial charge < -0.3 is 16.0 Å². The van der Waals surface area contributed by atoms with Crippen LogP contribution in [0.25, 0.3) is 0 Å². The molecule has 0 aromatic heterocycles. The van der Waals surface area contributed by atoms with Gasteiger partial charge >= 0.3 is 0 Å². The van der Waals surface area contributed by atoms with Gasteiger partial charge in [0.1, 0.15) is 0 Å². The van der Waals surface area contributed by atoms with E-state index >= 15 is 0 Å². The second-order valence-electron chi connectivity index (χ2n) is 6.01. The molecule has 1 aliphatic rings. The number of benzene rings is 1. The lowest BCUT2D eigenvalue weighted by Crippen LogP contribution is -2.30. The first-order valence-electron chi connectivity index (χ1n) is 7.36. The molecule has 2 rings (SSSR count). The van der Waals surface area contributed by atoms with Crippen molar-refractivity contribution in [3.05, 3.63) is 23.8 Å². The van der Waals surface area contributed by atoms with E-state index in [1.165, 1.54) is 25.7 Å². The lowest BCUT2D eigenvalue weighted by atomic mass is 9.86. The standard InChI is InChI=1S/C16H25N3O/c1-11-6-4-5-7-14(11)18-15-10-12(8-9-13(15)17)16(20)19(2)3/h8-11,14,18H,4-7,17H2,1-3H3. The summed E-state index contributed by atoms with van der Waals surface area (Å²) in [5.74, 6) is 0.654. The van der Waals surface area contributed by atoms with E-state index in [1.807, 2.05) is 12.1 Å². The first kappa shape index (κ1) is 14.7. The van der Waals surface area contributed by atoms with Crippen molar-refractivity contribution < 1.29 is 4.79 Å². The van der Waals surface area contributed by atoms with Gasteiger partial charge in [-0.3, -0.25) is 4.79 Å². The number of anilines is 2. The molecule has 20 heavy (non-hydrogen) atoms. The van der Waals surface area contributed by atoms with Gasteiger partial charge in [-0.25, -0.2) is 0 Å². The molecule has 0 spiro atoms. The normalized spacial score (nSPS) is 22.4. The van der Waals surface area contributed by atoms with E-state index < -0.39 is 0 Å². The number of rotatable bonds is 3. The first-order chi connectivity index (χ1) is 9.49. The fraction of sp³-hybridized carbons (Fsp3) is 0.562. The Kier molecular flexibility index (Phi) is 4.53. The Labute approximate surface area is 121 Å². The Balaban J connectivity index is 2.18. The molecule has 4 heteroatoms. The second-order valence-corrected chi connectivity index (χ2v) is 6.01. The third-order valence-electron chi connectivity index (χ3n) is 4.16. The average molecular weight is 275 g/mol. The molecule has 1 aromatic carbocycles. The smallest absolute Gasteiger partial charge is 0.253 e. The Bertz CT molecular complexity index is 485. The number of carbonyl (C=O) groups is 1. The summed E-state index contributed by atoms with van der Waals surface area (Å²) in [5, 5.41) is 3.54. The highest BCUT2D eigenvalue weighted by molar-refractivity contribution is 5.95. The number of nitrogen functional groups attached to an aromatic ring is 1. The molecule has 2 unspecified atom stereocenters. The van der Waals surface area contributed by atoms with Crippen LogP contribution in [0.4, 0.5) is 11.4 Å². The molecule has 0 radical (unpaired) electrons. The summed E-state index contributed by atoms with van der Waals surface area (Å²) in [6.45, 7) is 2.28. The van der Waals surface area contributed by atoms with Crippen molar-refractivity contribution in [2.75, 3.05) is 25.1 Å². The summed E-state index contributed by atoms with van der Waals surface area (Å²) in [6, 6.07) is 5.93. The summed E-state index contributed by atoms with van der Waals surface area (Å²) in [4.78, 5) is 13.6. The van der Waals surface area contributed by atoms with E-state index in [9.17, 15) is 4.79 Å². The van der Waals surface area contributed by atoms with Crippen LogP contribution in [-0.2, 0) is 0 Å². The largest absolute Gasteiger partial charge is 0.397 e. The number of carbonyl (C=O) groups excluding carboxylic acids is 1. The predicted octanol–water partition coefficient (Wildman–Crippen LogP) is 2.96. The van der Waals surface area contributed by atoms with Crippen molar-refractivity contribution in [2.45, 2.75) is 38.6 Å². The monoisotopic (exact) mass is 275 g/mol. The SMILES string of the molecule is CC1CCCCC1Nc1cc(C(=O)N(C)C)ccc1N. The van der Waals surface area contributed by atoms with Crippen LogP contribution < -0.4 is 11.1 Å². The molecule has 0 bridgehead atoms. The fourth-order valence-corrected chi connectivity index (χ4v) is 2.80. The van der Waals surface area contributed by atoms with Gasteiger partial charge in [0.25, 0.3) is 5.91 Å². The summed E-state index contributed by atoms with van der Waals surface area (Å²) < 4.78 is 0. The molecule has 1 amide bonds. The number of hydrogen-bond acceptors (Lipinski definition) is 3. The Morgan fingerprint density at radius 2 is 2.00 bits per heavy atom. The zero-order valence-electron chi connectivity index (χ0n) is 12.6. The van der Waals surface area contributed by atoms with Gasteiger partial charge in [-0.1, -0.05) is 19.8 Å². The first-order valence-corrected chi connectivity index (χ1v) is 7.36. The Morgan fingerprint density at radius 1 is 1.30 bits per heavy atom. The highest BCUT2D eigenvalue weighted by atomic mass is 16.2. The van der Waals surface area contributed by atoms with Crippen LogP contribution in [0.2, 0.25) is 0 Å². The number of amides is 1. The number of nitrogens with zero attached hydrogens (tertiary/aromatic N) is 1. The summed E-state index contributed by atoms with van der Waals surface area (Å²) in [7, 11) is 3.52. The molecule has 1 saturated carbocycles. The maximum atomic E-state index is 12.0. The Morgan fingerprint density at radius 3 is 2.65 bits per heavy atom. The number of hydrogen-bond donors (Lipinski definition) is 2. The molecular weight excluding hydrogens is 250 g/mol. The van der Waals surface area contributed by atoms with Crippen molar-refractivity contribution >= 4 is 17.3 Å². The fourth-order valence-electron chi connectivity index (χ4n) is 2.80. The number of nitrogens with one attached hydrogen (secondary N) is 1. The maximum absolute atomic E-state index is 12.0. The molecule has 1 fully saturated rings. The molecule has 0 heterocycles.